The lowest BCUT2D eigenvalue weighted by Crippen LogP contribution is -2.40. The van der Waals surface area contributed by atoms with Crippen molar-refractivity contribution in [1.29, 1.82) is 0 Å². The monoisotopic (exact) mass is 311 g/mol. The summed E-state index contributed by atoms with van der Waals surface area (Å²) in [7, 11) is 0. The molecule has 2 fully saturated rings. The molecular formula is C16H16F3NO2. The molecule has 0 amide bonds. The van der Waals surface area contributed by atoms with Gasteiger partial charge in [-0.3, -0.25) is 0 Å². The molecule has 4 rings (SSSR count). The van der Waals surface area contributed by atoms with Crippen LogP contribution in [0, 0.1) is 11.8 Å². The van der Waals surface area contributed by atoms with Gasteiger partial charge in [0.25, 0.3) is 0 Å². The molecule has 3 aliphatic rings. The smallest absolute Gasteiger partial charge is 0.393 e. The van der Waals surface area contributed by atoms with E-state index >= 15 is 0 Å². The molecule has 3 heterocycles. The van der Waals surface area contributed by atoms with Crippen LogP contribution in [0.5, 0.6) is 0 Å². The van der Waals surface area contributed by atoms with Gasteiger partial charge in [-0.15, -0.1) is 0 Å². The molecule has 2 bridgehead atoms. The Morgan fingerprint density at radius 3 is 2.77 bits per heavy atom. The zero-order valence-electron chi connectivity index (χ0n) is 11.8. The molecule has 1 aromatic carbocycles. The third-order valence-electron chi connectivity index (χ3n) is 5.14. The Labute approximate surface area is 126 Å². The van der Waals surface area contributed by atoms with E-state index in [1.54, 1.807) is 11.0 Å². The summed E-state index contributed by atoms with van der Waals surface area (Å²) in [6.07, 6.45) is -0.661. The van der Waals surface area contributed by atoms with Gasteiger partial charge in [-0.05, 0) is 12.1 Å². The van der Waals surface area contributed by atoms with Gasteiger partial charge >= 0.3 is 6.18 Å². The van der Waals surface area contributed by atoms with Crippen molar-refractivity contribution >= 4 is 5.69 Å². The van der Waals surface area contributed by atoms with Crippen LogP contribution >= 0.6 is 0 Å². The fraction of sp³-hybridized carbons (Fsp3) is 0.500. The van der Waals surface area contributed by atoms with Gasteiger partial charge in [0.05, 0.1) is 18.3 Å². The van der Waals surface area contributed by atoms with E-state index in [0.29, 0.717) is 13.1 Å². The van der Waals surface area contributed by atoms with Crippen LogP contribution in [-0.2, 0) is 10.9 Å². The van der Waals surface area contributed by atoms with Crippen LogP contribution in [0.15, 0.2) is 36.4 Å². The molecule has 6 heteroatoms. The van der Waals surface area contributed by atoms with E-state index in [2.05, 4.69) is 0 Å². The second-order valence-corrected chi connectivity index (χ2v) is 6.24. The summed E-state index contributed by atoms with van der Waals surface area (Å²) < 4.78 is 45.4. The van der Waals surface area contributed by atoms with Gasteiger partial charge in [0.15, 0.2) is 0 Å². The van der Waals surface area contributed by atoms with Crippen LogP contribution in [0.3, 0.4) is 0 Å². The predicted octanol–water partition coefficient (Wildman–Crippen LogP) is 2.46. The van der Waals surface area contributed by atoms with Crippen LogP contribution < -0.4 is 4.90 Å². The number of aliphatic hydroxyl groups excluding tert-OH is 1. The lowest BCUT2D eigenvalue weighted by atomic mass is 9.78. The fourth-order valence-corrected chi connectivity index (χ4v) is 4.10. The quantitative estimate of drug-likeness (QED) is 0.852. The van der Waals surface area contributed by atoms with Crippen LogP contribution in [-0.4, -0.2) is 36.5 Å². The van der Waals surface area contributed by atoms with Gasteiger partial charge in [-0.2, -0.15) is 13.2 Å². The first-order chi connectivity index (χ1) is 10.4. The summed E-state index contributed by atoms with van der Waals surface area (Å²) in [6.45, 7) is 0.865. The number of ether oxygens (including phenoxy) is 1. The van der Waals surface area contributed by atoms with Gasteiger partial charge in [0, 0.05) is 30.6 Å². The number of rotatable bonds is 2. The maximum atomic E-state index is 13.2. The number of anilines is 1. The highest BCUT2D eigenvalue weighted by Gasteiger charge is 2.59. The van der Waals surface area contributed by atoms with Crippen molar-refractivity contribution in [2.75, 3.05) is 24.6 Å². The number of halogens is 3. The normalized spacial score (nSPS) is 36.2. The minimum absolute atomic E-state index is 0.0359. The fourth-order valence-electron chi connectivity index (χ4n) is 4.10. The topological polar surface area (TPSA) is 32.7 Å². The van der Waals surface area contributed by atoms with Crippen molar-refractivity contribution < 1.29 is 23.0 Å². The van der Waals surface area contributed by atoms with E-state index in [1.165, 1.54) is 12.1 Å². The number of alkyl halides is 3. The molecule has 1 N–H and O–H groups in total. The molecule has 3 nitrogen and oxygen atoms in total. The highest BCUT2D eigenvalue weighted by atomic mass is 19.4. The SMILES string of the molecule is OCC12C=CC(O1)C1CN(c3ccccc3C(F)(F)F)CC12. The van der Waals surface area contributed by atoms with Gasteiger partial charge in [-0.1, -0.05) is 24.3 Å². The first kappa shape index (κ1) is 14.1. The Balaban J connectivity index is 1.66. The number of hydrogen-bond acceptors (Lipinski definition) is 3. The van der Waals surface area contributed by atoms with Gasteiger partial charge < -0.3 is 14.7 Å². The van der Waals surface area contributed by atoms with Crippen LogP contribution in [0.1, 0.15) is 5.56 Å². The second kappa shape index (κ2) is 4.49. The molecule has 4 unspecified atom stereocenters. The van der Waals surface area contributed by atoms with Crippen molar-refractivity contribution in [3.63, 3.8) is 0 Å². The number of benzene rings is 1. The summed E-state index contributed by atoms with van der Waals surface area (Å²) in [4.78, 5) is 1.78. The third-order valence-corrected chi connectivity index (χ3v) is 5.14. The molecule has 0 spiro atoms. The average molecular weight is 311 g/mol. The third kappa shape index (κ3) is 1.83. The molecule has 0 saturated carbocycles. The van der Waals surface area contributed by atoms with Gasteiger partial charge in [0.2, 0.25) is 0 Å². The van der Waals surface area contributed by atoms with Crippen LogP contribution in [0.2, 0.25) is 0 Å². The molecule has 22 heavy (non-hydrogen) atoms. The molecule has 0 radical (unpaired) electrons. The number of para-hydroxylation sites is 1. The van der Waals surface area contributed by atoms with E-state index < -0.39 is 17.3 Å². The van der Waals surface area contributed by atoms with Crippen LogP contribution in [0.25, 0.3) is 0 Å². The summed E-state index contributed by atoms with van der Waals surface area (Å²) >= 11 is 0. The first-order valence-corrected chi connectivity index (χ1v) is 7.34. The minimum atomic E-state index is -4.36. The van der Waals surface area contributed by atoms with E-state index in [-0.39, 0.29) is 30.2 Å². The van der Waals surface area contributed by atoms with E-state index in [9.17, 15) is 18.3 Å². The summed E-state index contributed by atoms with van der Waals surface area (Å²) in [5, 5.41) is 9.66. The molecule has 0 aromatic heterocycles. The zero-order chi connectivity index (χ0) is 15.5. The lowest BCUT2D eigenvalue weighted by Gasteiger charge is -2.29. The van der Waals surface area contributed by atoms with Gasteiger partial charge in [-0.25, -0.2) is 0 Å². The lowest BCUT2D eigenvalue weighted by molar-refractivity contribution is -0.137. The second-order valence-electron chi connectivity index (χ2n) is 6.24. The van der Waals surface area contributed by atoms with E-state index in [1.807, 2.05) is 12.2 Å². The Morgan fingerprint density at radius 2 is 2.05 bits per heavy atom. The molecular weight excluding hydrogens is 295 g/mol. The molecule has 118 valence electrons. The van der Waals surface area contributed by atoms with Crippen molar-refractivity contribution in [2.45, 2.75) is 17.9 Å². The Morgan fingerprint density at radius 1 is 1.27 bits per heavy atom. The Kier molecular flexibility index (Phi) is 2.87. The minimum Gasteiger partial charge on any atom is -0.393 e. The van der Waals surface area contributed by atoms with Crippen molar-refractivity contribution in [1.82, 2.24) is 0 Å². The summed E-state index contributed by atoms with van der Waals surface area (Å²) in [5.74, 6) is 0.173. The number of hydrogen-bond donors (Lipinski definition) is 1. The number of nitrogens with zero attached hydrogens (tertiary/aromatic N) is 1. The molecule has 3 aliphatic heterocycles. The molecule has 0 aliphatic carbocycles. The van der Waals surface area contributed by atoms with Crippen molar-refractivity contribution in [2.24, 2.45) is 11.8 Å². The summed E-state index contributed by atoms with van der Waals surface area (Å²) in [5.41, 5.74) is -1.09. The maximum absolute atomic E-state index is 13.2. The van der Waals surface area contributed by atoms with Crippen LogP contribution in [0.4, 0.5) is 18.9 Å². The first-order valence-electron chi connectivity index (χ1n) is 7.34. The highest BCUT2D eigenvalue weighted by molar-refractivity contribution is 5.56. The molecule has 2 saturated heterocycles. The predicted molar refractivity (Wildman–Crippen MR) is 74.5 cm³/mol. The number of aliphatic hydroxyl groups is 1. The Hall–Kier alpha value is -1.53. The maximum Gasteiger partial charge on any atom is 0.418 e. The summed E-state index contributed by atoms with van der Waals surface area (Å²) in [6, 6.07) is 5.68. The van der Waals surface area contributed by atoms with E-state index in [0.717, 1.165) is 6.07 Å². The standard InChI is InChI=1S/C16H16F3NO2/c17-16(18,19)11-3-1-2-4-13(11)20-7-10-12(8-20)15(9-21)6-5-14(10)22-15/h1-6,10,12,14,21H,7-9H2. The molecule has 4 atom stereocenters. The molecule has 1 aromatic rings. The number of fused-ring (bicyclic) bond motifs is 5. The van der Waals surface area contributed by atoms with Gasteiger partial charge in [0.1, 0.15) is 5.60 Å². The van der Waals surface area contributed by atoms with Crippen molar-refractivity contribution in [3.05, 3.63) is 42.0 Å². The average Bonchev–Trinajstić information content (AvgIpc) is 3.17. The van der Waals surface area contributed by atoms with Crippen molar-refractivity contribution in [3.8, 4) is 0 Å². The zero-order valence-corrected chi connectivity index (χ0v) is 11.8. The Bertz CT molecular complexity index is 630. The highest BCUT2D eigenvalue weighted by Crippen LogP contribution is 2.51. The van der Waals surface area contributed by atoms with E-state index in [4.69, 9.17) is 4.74 Å². The largest absolute Gasteiger partial charge is 0.418 e.